The number of amides is 1. The minimum atomic E-state index is -0.581. The number of nitrogens with one attached hydrogen (secondary N) is 1. The highest BCUT2D eigenvalue weighted by Crippen LogP contribution is 2.34. The van der Waals surface area contributed by atoms with Gasteiger partial charge in [0.05, 0.1) is 18.3 Å². The molecule has 1 aromatic rings. The lowest BCUT2D eigenvalue weighted by molar-refractivity contribution is -0.116. The van der Waals surface area contributed by atoms with Crippen LogP contribution in [0.5, 0.6) is 0 Å². The van der Waals surface area contributed by atoms with E-state index < -0.39 is 11.9 Å². The predicted molar refractivity (Wildman–Crippen MR) is 94.1 cm³/mol. The molecule has 0 aliphatic carbocycles. The Balaban J connectivity index is 3.16. The Bertz CT molecular complexity index is 612. The van der Waals surface area contributed by atoms with Gasteiger partial charge < -0.3 is 14.8 Å². The first-order chi connectivity index (χ1) is 11.3. The summed E-state index contributed by atoms with van der Waals surface area (Å²) in [6.07, 6.45) is 0.468. The van der Waals surface area contributed by atoms with Gasteiger partial charge >= 0.3 is 11.9 Å². The third kappa shape index (κ3) is 5.49. The van der Waals surface area contributed by atoms with Crippen molar-refractivity contribution in [2.45, 2.75) is 46.6 Å². The van der Waals surface area contributed by atoms with Gasteiger partial charge in [-0.25, -0.2) is 9.59 Å². The van der Waals surface area contributed by atoms with Crippen LogP contribution in [0.2, 0.25) is 0 Å². The molecule has 1 N–H and O–H groups in total. The zero-order chi connectivity index (χ0) is 18.3. The largest absolute Gasteiger partial charge is 0.462 e. The van der Waals surface area contributed by atoms with Gasteiger partial charge in [0.1, 0.15) is 9.88 Å². The quantitative estimate of drug-likeness (QED) is 0.552. The molecule has 0 spiro atoms. The Hall–Kier alpha value is -1.60. The summed E-state index contributed by atoms with van der Waals surface area (Å²) in [6.45, 7) is 6.99. The van der Waals surface area contributed by atoms with Crippen molar-refractivity contribution in [1.29, 1.82) is 0 Å². The number of ether oxygens (including phenoxy) is 2. The normalized spacial score (nSPS) is 10.6. The molecule has 0 saturated heterocycles. The standard InChI is InChI=1S/C16H22ClNO5S/c1-5-22-15(20)12-10(4)13(16(21)23-9(2)3)24-14(12)18-11(19)7-6-8-17/h9H,5-8H2,1-4H3,(H,18,19). The predicted octanol–water partition coefficient (Wildman–Crippen LogP) is 3.76. The van der Waals surface area contributed by atoms with E-state index in [1.54, 1.807) is 27.7 Å². The minimum absolute atomic E-state index is 0.191. The molecular formula is C16H22ClNO5S. The molecule has 24 heavy (non-hydrogen) atoms. The highest BCUT2D eigenvalue weighted by atomic mass is 35.5. The van der Waals surface area contributed by atoms with Gasteiger partial charge in [0.25, 0.3) is 0 Å². The summed E-state index contributed by atoms with van der Waals surface area (Å²) in [4.78, 5) is 36.6. The van der Waals surface area contributed by atoms with E-state index >= 15 is 0 Å². The molecule has 1 aromatic heterocycles. The maximum Gasteiger partial charge on any atom is 0.348 e. The average molecular weight is 376 g/mol. The zero-order valence-electron chi connectivity index (χ0n) is 14.2. The molecule has 0 unspecified atom stereocenters. The summed E-state index contributed by atoms with van der Waals surface area (Å²) in [6, 6.07) is 0. The number of esters is 2. The monoisotopic (exact) mass is 375 g/mol. The van der Waals surface area contributed by atoms with E-state index in [1.807, 2.05) is 0 Å². The average Bonchev–Trinajstić information content (AvgIpc) is 2.81. The van der Waals surface area contributed by atoms with Crippen molar-refractivity contribution in [1.82, 2.24) is 0 Å². The molecule has 6 nitrogen and oxygen atoms in total. The fraction of sp³-hybridized carbons (Fsp3) is 0.562. The van der Waals surface area contributed by atoms with Crippen molar-refractivity contribution >= 4 is 45.8 Å². The second kappa shape index (κ2) is 9.64. The van der Waals surface area contributed by atoms with Crippen LogP contribution < -0.4 is 5.32 Å². The molecule has 134 valence electrons. The number of rotatable bonds is 8. The first-order valence-corrected chi connectivity index (χ1v) is 9.04. The van der Waals surface area contributed by atoms with Crippen molar-refractivity contribution < 1.29 is 23.9 Å². The van der Waals surface area contributed by atoms with Crippen molar-refractivity contribution in [2.24, 2.45) is 0 Å². The summed E-state index contributed by atoms with van der Waals surface area (Å²) in [5, 5.41) is 2.96. The molecule has 1 amide bonds. The van der Waals surface area contributed by atoms with Crippen LogP contribution >= 0.6 is 22.9 Å². The second-order valence-electron chi connectivity index (χ2n) is 5.28. The van der Waals surface area contributed by atoms with Gasteiger partial charge in [-0.3, -0.25) is 4.79 Å². The summed E-state index contributed by atoms with van der Waals surface area (Å²) < 4.78 is 10.2. The lowest BCUT2D eigenvalue weighted by Crippen LogP contribution is -2.14. The second-order valence-corrected chi connectivity index (χ2v) is 6.67. The van der Waals surface area contributed by atoms with Gasteiger partial charge in [-0.1, -0.05) is 0 Å². The van der Waals surface area contributed by atoms with E-state index in [9.17, 15) is 14.4 Å². The molecular weight excluding hydrogens is 354 g/mol. The van der Waals surface area contributed by atoms with Crippen LogP contribution in [0.4, 0.5) is 5.00 Å². The number of hydrogen-bond acceptors (Lipinski definition) is 6. The smallest absolute Gasteiger partial charge is 0.348 e. The number of anilines is 1. The SMILES string of the molecule is CCOC(=O)c1c(NC(=O)CCCCl)sc(C(=O)OC(C)C)c1C. The molecule has 1 rings (SSSR count). The Morgan fingerprint density at radius 3 is 2.46 bits per heavy atom. The number of carbonyl (C=O) groups excluding carboxylic acids is 3. The minimum Gasteiger partial charge on any atom is -0.462 e. The van der Waals surface area contributed by atoms with E-state index in [2.05, 4.69) is 5.32 Å². The summed E-state index contributed by atoms with van der Waals surface area (Å²) in [5.74, 6) is -1.01. The molecule has 0 aliphatic rings. The van der Waals surface area contributed by atoms with Crippen LogP contribution in [-0.2, 0) is 14.3 Å². The number of halogens is 1. The van der Waals surface area contributed by atoms with E-state index in [0.29, 0.717) is 22.9 Å². The van der Waals surface area contributed by atoms with E-state index in [4.69, 9.17) is 21.1 Å². The number of thiophene rings is 1. The first-order valence-electron chi connectivity index (χ1n) is 7.69. The van der Waals surface area contributed by atoms with Crippen LogP contribution in [0.1, 0.15) is 59.2 Å². The molecule has 1 heterocycles. The van der Waals surface area contributed by atoms with Crippen LogP contribution in [-0.4, -0.2) is 36.4 Å². The van der Waals surface area contributed by atoms with Crippen molar-refractivity contribution in [2.75, 3.05) is 17.8 Å². The van der Waals surface area contributed by atoms with Gasteiger partial charge in [-0.2, -0.15) is 0 Å². The number of carbonyl (C=O) groups is 3. The Kier molecular flexibility index (Phi) is 8.21. The Morgan fingerprint density at radius 2 is 1.92 bits per heavy atom. The molecule has 0 aliphatic heterocycles. The van der Waals surface area contributed by atoms with Crippen molar-refractivity contribution in [3.8, 4) is 0 Å². The van der Waals surface area contributed by atoms with Crippen LogP contribution in [0, 0.1) is 6.92 Å². The van der Waals surface area contributed by atoms with Crippen molar-refractivity contribution in [3.63, 3.8) is 0 Å². The Morgan fingerprint density at radius 1 is 1.25 bits per heavy atom. The molecule has 0 radical (unpaired) electrons. The summed E-state index contributed by atoms with van der Waals surface area (Å²) in [7, 11) is 0. The van der Waals surface area contributed by atoms with Crippen LogP contribution in [0.3, 0.4) is 0 Å². The molecule has 0 saturated carbocycles. The molecule has 8 heteroatoms. The molecule has 0 fully saturated rings. The van der Waals surface area contributed by atoms with Gasteiger partial charge in [-0.15, -0.1) is 22.9 Å². The third-order valence-corrected chi connectivity index (χ3v) is 4.40. The summed E-state index contributed by atoms with van der Waals surface area (Å²) >= 11 is 6.59. The lowest BCUT2D eigenvalue weighted by atomic mass is 10.1. The molecule has 0 atom stereocenters. The topological polar surface area (TPSA) is 81.7 Å². The molecule has 0 aromatic carbocycles. The van der Waals surface area contributed by atoms with Crippen LogP contribution in [0.15, 0.2) is 0 Å². The van der Waals surface area contributed by atoms with Crippen LogP contribution in [0.25, 0.3) is 0 Å². The molecule has 0 bridgehead atoms. The maximum absolute atomic E-state index is 12.2. The number of hydrogen-bond donors (Lipinski definition) is 1. The van der Waals surface area contributed by atoms with Gasteiger partial charge in [0.2, 0.25) is 5.91 Å². The highest BCUT2D eigenvalue weighted by molar-refractivity contribution is 7.18. The fourth-order valence-electron chi connectivity index (χ4n) is 1.93. The van der Waals surface area contributed by atoms with Gasteiger partial charge in [-0.05, 0) is 39.7 Å². The first kappa shape index (κ1) is 20.4. The Labute approximate surface area is 150 Å². The summed E-state index contributed by atoms with van der Waals surface area (Å²) in [5.41, 5.74) is 0.633. The highest BCUT2D eigenvalue weighted by Gasteiger charge is 2.27. The van der Waals surface area contributed by atoms with Gasteiger partial charge in [0.15, 0.2) is 0 Å². The van der Waals surface area contributed by atoms with E-state index in [0.717, 1.165) is 11.3 Å². The number of alkyl halides is 1. The lowest BCUT2D eigenvalue weighted by Gasteiger charge is -2.07. The maximum atomic E-state index is 12.2. The van der Waals surface area contributed by atoms with Gasteiger partial charge in [0, 0.05) is 12.3 Å². The van der Waals surface area contributed by atoms with Crippen molar-refractivity contribution in [3.05, 3.63) is 16.0 Å². The zero-order valence-corrected chi connectivity index (χ0v) is 15.8. The fourth-order valence-corrected chi connectivity index (χ4v) is 3.16. The van der Waals surface area contributed by atoms with E-state index in [-0.39, 0.29) is 35.5 Å². The third-order valence-electron chi connectivity index (χ3n) is 2.94. The van der Waals surface area contributed by atoms with E-state index in [1.165, 1.54) is 0 Å².